The summed E-state index contributed by atoms with van der Waals surface area (Å²) in [6, 6.07) is 10.1. The molecule has 1 aliphatic heterocycles. The van der Waals surface area contributed by atoms with Crippen LogP contribution in [0.3, 0.4) is 0 Å². The number of hydrogen-bond donors (Lipinski definition) is 1. The van der Waals surface area contributed by atoms with E-state index in [-0.39, 0.29) is 6.04 Å². The van der Waals surface area contributed by atoms with Gasteiger partial charge in [0.15, 0.2) is 0 Å². The minimum atomic E-state index is -0.648. The first-order chi connectivity index (χ1) is 5.86. The highest BCUT2D eigenvalue weighted by atomic mass is 19.1. The summed E-state index contributed by atoms with van der Waals surface area (Å²) in [6.07, 6.45) is 0.160. The second-order valence-corrected chi connectivity index (χ2v) is 3.22. The lowest BCUT2D eigenvalue weighted by Crippen LogP contribution is -2.55. The molecule has 1 aliphatic rings. The van der Waals surface area contributed by atoms with E-state index in [4.69, 9.17) is 0 Å². The summed E-state index contributed by atoms with van der Waals surface area (Å²) in [5, 5.41) is 3.07. The summed E-state index contributed by atoms with van der Waals surface area (Å²) in [5.74, 6) is 0. The third-order valence-corrected chi connectivity index (χ3v) is 2.31. The van der Waals surface area contributed by atoms with Crippen LogP contribution in [0, 0.1) is 0 Å². The smallest absolute Gasteiger partial charge is 0.128 e. The summed E-state index contributed by atoms with van der Waals surface area (Å²) in [5.41, 5.74) is 1.21. The minimum Gasteiger partial charge on any atom is -0.308 e. The predicted octanol–water partition coefficient (Wildman–Crippen LogP) is 1.54. The Morgan fingerprint density at radius 2 is 2.08 bits per heavy atom. The monoisotopic (exact) mass is 165 g/mol. The Morgan fingerprint density at radius 1 is 1.33 bits per heavy atom. The number of nitrogens with one attached hydrogen (secondary N) is 1. The van der Waals surface area contributed by atoms with E-state index in [0.717, 1.165) is 6.42 Å². The SMILES string of the molecule is F[C@@H]1CN[C@@H]1Cc1ccccc1. The highest BCUT2D eigenvalue weighted by Crippen LogP contribution is 2.13. The molecule has 0 aliphatic carbocycles. The highest BCUT2D eigenvalue weighted by molar-refractivity contribution is 5.17. The van der Waals surface area contributed by atoms with Crippen molar-refractivity contribution in [2.75, 3.05) is 6.54 Å². The summed E-state index contributed by atoms with van der Waals surface area (Å²) in [4.78, 5) is 0. The van der Waals surface area contributed by atoms with Crippen molar-refractivity contribution in [3.8, 4) is 0 Å². The largest absolute Gasteiger partial charge is 0.308 e. The Bertz CT molecular complexity index is 247. The maximum Gasteiger partial charge on any atom is 0.128 e. The lowest BCUT2D eigenvalue weighted by Gasteiger charge is -2.32. The van der Waals surface area contributed by atoms with Gasteiger partial charge in [0.1, 0.15) is 6.17 Å². The Labute approximate surface area is 71.6 Å². The molecule has 1 heterocycles. The van der Waals surface area contributed by atoms with E-state index < -0.39 is 6.17 Å². The molecule has 1 aromatic rings. The Morgan fingerprint density at radius 3 is 2.58 bits per heavy atom. The maximum absolute atomic E-state index is 12.8. The number of halogens is 1. The van der Waals surface area contributed by atoms with Gasteiger partial charge in [0.25, 0.3) is 0 Å². The molecule has 1 aromatic carbocycles. The first kappa shape index (κ1) is 7.74. The van der Waals surface area contributed by atoms with E-state index in [1.807, 2.05) is 30.3 Å². The fourth-order valence-corrected chi connectivity index (χ4v) is 1.44. The van der Waals surface area contributed by atoms with Gasteiger partial charge in [-0.1, -0.05) is 30.3 Å². The molecule has 0 aromatic heterocycles. The van der Waals surface area contributed by atoms with Crippen molar-refractivity contribution in [2.24, 2.45) is 0 Å². The van der Waals surface area contributed by atoms with Crippen LogP contribution in [-0.2, 0) is 6.42 Å². The van der Waals surface area contributed by atoms with Crippen molar-refractivity contribution in [3.63, 3.8) is 0 Å². The van der Waals surface area contributed by atoms with Gasteiger partial charge in [0.05, 0.1) is 0 Å². The molecular weight excluding hydrogens is 153 g/mol. The van der Waals surface area contributed by atoms with E-state index in [2.05, 4.69) is 5.32 Å². The van der Waals surface area contributed by atoms with Gasteiger partial charge in [-0.3, -0.25) is 0 Å². The lowest BCUT2D eigenvalue weighted by molar-refractivity contribution is 0.158. The van der Waals surface area contributed by atoms with Gasteiger partial charge in [0, 0.05) is 12.6 Å². The number of alkyl halides is 1. The van der Waals surface area contributed by atoms with Gasteiger partial charge < -0.3 is 5.32 Å². The van der Waals surface area contributed by atoms with Crippen LogP contribution in [0.15, 0.2) is 30.3 Å². The van der Waals surface area contributed by atoms with Crippen molar-refractivity contribution >= 4 is 0 Å². The Kier molecular flexibility index (Phi) is 2.09. The van der Waals surface area contributed by atoms with Crippen LogP contribution in [0.25, 0.3) is 0 Å². The topological polar surface area (TPSA) is 12.0 Å². The second kappa shape index (κ2) is 3.23. The zero-order chi connectivity index (χ0) is 8.39. The van der Waals surface area contributed by atoms with Crippen LogP contribution >= 0.6 is 0 Å². The van der Waals surface area contributed by atoms with E-state index in [1.165, 1.54) is 5.56 Å². The zero-order valence-electron chi connectivity index (χ0n) is 6.83. The average Bonchev–Trinajstić information content (AvgIpc) is 2.14. The van der Waals surface area contributed by atoms with Crippen molar-refractivity contribution in [1.82, 2.24) is 5.32 Å². The molecule has 1 saturated heterocycles. The Hall–Kier alpha value is -0.890. The zero-order valence-corrected chi connectivity index (χ0v) is 6.83. The summed E-state index contributed by atoms with van der Waals surface area (Å²) < 4.78 is 12.8. The van der Waals surface area contributed by atoms with Crippen LogP contribution in [-0.4, -0.2) is 18.8 Å². The third-order valence-electron chi connectivity index (χ3n) is 2.31. The van der Waals surface area contributed by atoms with Gasteiger partial charge in [-0.05, 0) is 12.0 Å². The Balaban J connectivity index is 1.95. The highest BCUT2D eigenvalue weighted by Gasteiger charge is 2.29. The summed E-state index contributed by atoms with van der Waals surface area (Å²) in [6.45, 7) is 0.525. The average molecular weight is 165 g/mol. The fraction of sp³-hybridized carbons (Fsp3) is 0.400. The normalized spacial score (nSPS) is 28.1. The predicted molar refractivity (Wildman–Crippen MR) is 46.8 cm³/mol. The fourth-order valence-electron chi connectivity index (χ4n) is 1.44. The molecule has 2 rings (SSSR count). The number of benzene rings is 1. The third kappa shape index (κ3) is 1.48. The van der Waals surface area contributed by atoms with Crippen LogP contribution < -0.4 is 5.32 Å². The number of rotatable bonds is 2. The van der Waals surface area contributed by atoms with Gasteiger partial charge in [-0.15, -0.1) is 0 Å². The molecule has 2 heteroatoms. The van der Waals surface area contributed by atoms with Crippen molar-refractivity contribution in [1.29, 1.82) is 0 Å². The standard InChI is InChI=1S/C10H12FN/c11-9-7-12-10(9)6-8-4-2-1-3-5-8/h1-5,9-10,12H,6-7H2/t9-,10-/m1/s1. The molecule has 12 heavy (non-hydrogen) atoms. The van der Waals surface area contributed by atoms with Gasteiger partial charge in [-0.2, -0.15) is 0 Å². The molecule has 1 nitrogen and oxygen atoms in total. The quantitative estimate of drug-likeness (QED) is 0.701. The van der Waals surface area contributed by atoms with E-state index in [0.29, 0.717) is 6.54 Å². The number of hydrogen-bond acceptors (Lipinski definition) is 1. The lowest BCUT2D eigenvalue weighted by atomic mass is 9.97. The molecular formula is C10H12FN. The molecule has 0 radical (unpaired) electrons. The molecule has 1 N–H and O–H groups in total. The molecule has 64 valence electrons. The molecule has 0 spiro atoms. The molecule has 0 amide bonds. The van der Waals surface area contributed by atoms with Crippen molar-refractivity contribution < 1.29 is 4.39 Å². The first-order valence-corrected chi connectivity index (χ1v) is 4.27. The summed E-state index contributed by atoms with van der Waals surface area (Å²) >= 11 is 0. The first-order valence-electron chi connectivity index (χ1n) is 4.27. The molecule has 1 fully saturated rings. The van der Waals surface area contributed by atoms with E-state index >= 15 is 0 Å². The van der Waals surface area contributed by atoms with Gasteiger partial charge in [0.2, 0.25) is 0 Å². The van der Waals surface area contributed by atoms with Crippen LogP contribution in [0.5, 0.6) is 0 Å². The minimum absolute atomic E-state index is 0.0485. The molecule has 2 atom stereocenters. The van der Waals surface area contributed by atoms with Crippen LogP contribution in [0.1, 0.15) is 5.56 Å². The second-order valence-electron chi connectivity index (χ2n) is 3.22. The molecule has 0 saturated carbocycles. The summed E-state index contributed by atoms with van der Waals surface area (Å²) in [7, 11) is 0. The van der Waals surface area contributed by atoms with Crippen molar-refractivity contribution in [2.45, 2.75) is 18.6 Å². The van der Waals surface area contributed by atoms with Gasteiger partial charge >= 0.3 is 0 Å². The maximum atomic E-state index is 12.8. The van der Waals surface area contributed by atoms with E-state index in [1.54, 1.807) is 0 Å². The molecule has 0 unspecified atom stereocenters. The van der Waals surface area contributed by atoms with Crippen molar-refractivity contribution in [3.05, 3.63) is 35.9 Å². The van der Waals surface area contributed by atoms with Crippen LogP contribution in [0.4, 0.5) is 4.39 Å². The van der Waals surface area contributed by atoms with E-state index in [9.17, 15) is 4.39 Å². The van der Waals surface area contributed by atoms with Crippen LogP contribution in [0.2, 0.25) is 0 Å². The molecule has 0 bridgehead atoms. The van der Waals surface area contributed by atoms with Gasteiger partial charge in [-0.25, -0.2) is 4.39 Å².